The first-order chi connectivity index (χ1) is 15.1. The summed E-state index contributed by atoms with van der Waals surface area (Å²) >= 11 is 0. The predicted molar refractivity (Wildman–Crippen MR) is 117 cm³/mol. The lowest BCUT2D eigenvalue weighted by Crippen LogP contribution is -2.36. The minimum atomic E-state index is -0.270. The van der Waals surface area contributed by atoms with Crippen molar-refractivity contribution in [3.63, 3.8) is 0 Å². The van der Waals surface area contributed by atoms with Gasteiger partial charge in [0.2, 0.25) is 0 Å². The summed E-state index contributed by atoms with van der Waals surface area (Å²) in [6, 6.07) is 20.0. The van der Waals surface area contributed by atoms with Crippen molar-refractivity contribution in [1.29, 1.82) is 0 Å². The fourth-order valence-electron chi connectivity index (χ4n) is 3.53. The van der Waals surface area contributed by atoms with Crippen molar-refractivity contribution in [2.45, 2.75) is 26.7 Å². The lowest BCUT2D eigenvalue weighted by molar-refractivity contribution is 0.105. The quantitative estimate of drug-likeness (QED) is 0.611. The van der Waals surface area contributed by atoms with Gasteiger partial charge in [0.05, 0.1) is 26.3 Å². The third-order valence-electron chi connectivity index (χ3n) is 5.15. The highest BCUT2D eigenvalue weighted by Gasteiger charge is 2.20. The average molecular weight is 420 g/mol. The number of nitrogens with zero attached hydrogens (tertiary/aromatic N) is 1. The Hall–Kier alpha value is -3.38. The predicted octanol–water partition coefficient (Wildman–Crippen LogP) is 5.28. The van der Waals surface area contributed by atoms with Crippen molar-refractivity contribution >= 4 is 11.7 Å². The molecule has 0 atom stereocenters. The first kappa shape index (κ1) is 20.9. The number of hydrogen-bond donors (Lipinski definition) is 1. The molecule has 0 aliphatic carbocycles. The number of urea groups is 1. The van der Waals surface area contributed by atoms with Gasteiger partial charge in [-0.3, -0.25) is 0 Å². The van der Waals surface area contributed by atoms with Crippen molar-refractivity contribution in [1.82, 2.24) is 4.90 Å². The molecule has 0 unspecified atom stereocenters. The van der Waals surface area contributed by atoms with E-state index in [1.54, 1.807) is 23.1 Å². The molecule has 31 heavy (non-hydrogen) atoms. The molecule has 6 heteroatoms. The molecule has 4 rings (SSSR count). The molecule has 160 valence electrons. The van der Waals surface area contributed by atoms with Crippen molar-refractivity contribution in [3.8, 4) is 5.75 Å². The topological polar surface area (TPSA) is 50.8 Å². The standard InChI is InChI=1S/C25H25FN2O3/c1-18-5-4-7-22(13-18)27-25(29)28-11-12-31-24-10-9-19(14-21(24)15-28)16-30-17-20-6-2-3-8-23(20)26/h2-10,13-14H,11-12,15-17H2,1H3,(H,27,29). The largest absolute Gasteiger partial charge is 0.491 e. The van der Waals surface area contributed by atoms with E-state index in [1.807, 2.05) is 49.4 Å². The molecule has 3 aromatic rings. The smallest absolute Gasteiger partial charge is 0.322 e. The van der Waals surface area contributed by atoms with Crippen LogP contribution >= 0.6 is 0 Å². The molecule has 3 aromatic carbocycles. The first-order valence-corrected chi connectivity index (χ1v) is 10.3. The van der Waals surface area contributed by atoms with Gasteiger partial charge in [0.1, 0.15) is 18.2 Å². The minimum Gasteiger partial charge on any atom is -0.491 e. The molecule has 1 heterocycles. The second-order valence-corrected chi connectivity index (χ2v) is 7.60. The maximum Gasteiger partial charge on any atom is 0.322 e. The van der Waals surface area contributed by atoms with Crippen molar-refractivity contribution in [3.05, 3.63) is 94.8 Å². The number of fused-ring (bicyclic) bond motifs is 1. The molecule has 0 radical (unpaired) electrons. The minimum absolute atomic E-state index is 0.164. The van der Waals surface area contributed by atoms with Crippen LogP contribution in [0.5, 0.6) is 5.75 Å². The van der Waals surface area contributed by atoms with Crippen LogP contribution in [0.25, 0.3) is 0 Å². The number of halogens is 1. The zero-order chi connectivity index (χ0) is 21.6. The monoisotopic (exact) mass is 420 g/mol. The van der Waals surface area contributed by atoms with Crippen LogP contribution in [0.3, 0.4) is 0 Å². The molecule has 1 aliphatic rings. The van der Waals surface area contributed by atoms with Crippen LogP contribution in [-0.4, -0.2) is 24.1 Å². The molecule has 1 N–H and O–H groups in total. The van der Waals surface area contributed by atoms with Crippen LogP contribution < -0.4 is 10.1 Å². The van der Waals surface area contributed by atoms with Crippen LogP contribution in [-0.2, 0) is 24.5 Å². The number of rotatable bonds is 5. The van der Waals surface area contributed by atoms with Gasteiger partial charge in [0.25, 0.3) is 0 Å². The number of anilines is 1. The Bertz CT molecular complexity index is 1070. The summed E-state index contributed by atoms with van der Waals surface area (Å²) in [6.07, 6.45) is 0. The van der Waals surface area contributed by atoms with Crippen LogP contribution in [0.15, 0.2) is 66.7 Å². The Labute approximate surface area is 181 Å². The summed E-state index contributed by atoms with van der Waals surface area (Å²) in [5.41, 5.74) is 4.25. The number of carbonyl (C=O) groups is 1. The molecular weight excluding hydrogens is 395 g/mol. The number of nitrogens with one attached hydrogen (secondary N) is 1. The molecule has 0 saturated heterocycles. The molecule has 0 fully saturated rings. The highest BCUT2D eigenvalue weighted by Crippen LogP contribution is 2.25. The molecule has 5 nitrogen and oxygen atoms in total. The Balaban J connectivity index is 1.40. The summed E-state index contributed by atoms with van der Waals surface area (Å²) in [5, 5.41) is 2.95. The van der Waals surface area contributed by atoms with Crippen molar-refractivity contribution < 1.29 is 18.7 Å². The van der Waals surface area contributed by atoms with E-state index in [9.17, 15) is 9.18 Å². The van der Waals surface area contributed by atoms with E-state index in [1.165, 1.54) is 6.07 Å². The van der Waals surface area contributed by atoms with E-state index >= 15 is 0 Å². The van der Waals surface area contributed by atoms with Crippen LogP contribution in [0.4, 0.5) is 14.9 Å². The zero-order valence-corrected chi connectivity index (χ0v) is 17.4. The van der Waals surface area contributed by atoms with Crippen LogP contribution in [0.2, 0.25) is 0 Å². The Morgan fingerprint density at radius 2 is 1.97 bits per heavy atom. The maximum atomic E-state index is 13.7. The van der Waals surface area contributed by atoms with Gasteiger partial charge in [0, 0.05) is 16.8 Å². The van der Waals surface area contributed by atoms with E-state index in [-0.39, 0.29) is 18.5 Å². The van der Waals surface area contributed by atoms with Gasteiger partial charge in [-0.15, -0.1) is 0 Å². The summed E-state index contributed by atoms with van der Waals surface area (Å²) in [7, 11) is 0. The average Bonchev–Trinajstić information content (AvgIpc) is 2.97. The van der Waals surface area contributed by atoms with Gasteiger partial charge < -0.3 is 19.7 Å². The second kappa shape index (κ2) is 9.62. The molecule has 0 spiro atoms. The Kier molecular flexibility index (Phi) is 6.48. The summed E-state index contributed by atoms with van der Waals surface area (Å²) < 4.78 is 25.3. The fraction of sp³-hybridized carbons (Fsp3) is 0.240. The number of ether oxygens (including phenoxy) is 2. The van der Waals surface area contributed by atoms with Crippen LogP contribution in [0.1, 0.15) is 22.3 Å². The second-order valence-electron chi connectivity index (χ2n) is 7.60. The van der Waals surface area contributed by atoms with E-state index in [2.05, 4.69) is 5.32 Å². The number of aryl methyl sites for hydroxylation is 1. The third-order valence-corrected chi connectivity index (χ3v) is 5.15. The summed E-state index contributed by atoms with van der Waals surface area (Å²) in [4.78, 5) is 14.5. The van der Waals surface area contributed by atoms with Crippen LogP contribution in [0, 0.1) is 12.7 Å². The van der Waals surface area contributed by atoms with Crippen molar-refractivity contribution in [2.75, 3.05) is 18.5 Å². The number of benzene rings is 3. The first-order valence-electron chi connectivity index (χ1n) is 10.3. The number of amides is 2. The lowest BCUT2D eigenvalue weighted by atomic mass is 10.1. The molecule has 0 saturated carbocycles. The SMILES string of the molecule is Cc1cccc(NC(=O)N2CCOc3ccc(COCc4ccccc4F)cc3C2)c1. The molecule has 0 bridgehead atoms. The zero-order valence-electron chi connectivity index (χ0n) is 17.4. The number of carbonyl (C=O) groups excluding carboxylic acids is 1. The molecule has 1 aliphatic heterocycles. The van der Waals surface area contributed by atoms with E-state index in [0.29, 0.717) is 31.9 Å². The van der Waals surface area contributed by atoms with E-state index in [0.717, 1.165) is 28.1 Å². The Morgan fingerprint density at radius 3 is 2.81 bits per heavy atom. The van der Waals surface area contributed by atoms with Crippen molar-refractivity contribution in [2.24, 2.45) is 0 Å². The number of hydrogen-bond acceptors (Lipinski definition) is 3. The molecule has 2 amide bonds. The lowest BCUT2D eigenvalue weighted by Gasteiger charge is -2.20. The maximum absolute atomic E-state index is 13.7. The van der Waals surface area contributed by atoms with Gasteiger partial charge >= 0.3 is 6.03 Å². The Morgan fingerprint density at radius 1 is 1.10 bits per heavy atom. The summed E-state index contributed by atoms with van der Waals surface area (Å²) in [5.74, 6) is 0.497. The van der Waals surface area contributed by atoms with Gasteiger partial charge in [-0.05, 0) is 48.4 Å². The third kappa shape index (κ3) is 5.41. The van der Waals surface area contributed by atoms with Gasteiger partial charge in [-0.1, -0.05) is 36.4 Å². The molecule has 0 aromatic heterocycles. The fourth-order valence-corrected chi connectivity index (χ4v) is 3.53. The normalized spacial score (nSPS) is 13.2. The summed E-state index contributed by atoms with van der Waals surface area (Å²) in [6.45, 7) is 3.89. The van der Waals surface area contributed by atoms with Gasteiger partial charge in [-0.25, -0.2) is 9.18 Å². The van der Waals surface area contributed by atoms with E-state index < -0.39 is 0 Å². The van der Waals surface area contributed by atoms with Gasteiger partial charge in [-0.2, -0.15) is 0 Å². The highest BCUT2D eigenvalue weighted by molar-refractivity contribution is 5.89. The highest BCUT2D eigenvalue weighted by atomic mass is 19.1. The van der Waals surface area contributed by atoms with Gasteiger partial charge in [0.15, 0.2) is 0 Å². The molecular formula is C25H25FN2O3. The van der Waals surface area contributed by atoms with E-state index in [4.69, 9.17) is 9.47 Å².